The molecule has 10 nitrogen and oxygen atoms in total. The standard InChI is InChI=1S/C48H42N3O7P/c1-4-46(52)49-40-19-7-34(8-20-40)31-37-13-25-43(26-14-37)56-59(55,57-44-27-15-38(16-28-44)32-35-9-21-41(22-10-35)50-47(53)5-2)58-45-29-17-39(18-30-45)33-36-11-23-42(24-12-36)51-48(54)6-3/h4-30H,1-3,31-33H2,(H,49,52)(H,50,53)(H,51,54). The molecule has 0 saturated carbocycles. The van der Waals surface area contributed by atoms with Crippen molar-refractivity contribution in [3.05, 3.63) is 217 Å². The molecule has 0 atom stereocenters. The number of rotatable bonds is 18. The number of nitrogens with one attached hydrogen (secondary N) is 3. The Kier molecular flexibility index (Phi) is 13.7. The zero-order chi connectivity index (χ0) is 41.6. The van der Waals surface area contributed by atoms with Crippen LogP contribution in [0.25, 0.3) is 0 Å². The van der Waals surface area contributed by atoms with Crippen molar-refractivity contribution in [3.8, 4) is 17.2 Å². The van der Waals surface area contributed by atoms with Crippen LogP contribution in [0.15, 0.2) is 184 Å². The molecule has 6 aromatic carbocycles. The fraction of sp³-hybridized carbons (Fsp3) is 0.0625. The Morgan fingerprint density at radius 3 is 0.797 bits per heavy atom. The van der Waals surface area contributed by atoms with Crippen LogP contribution in [0, 0.1) is 0 Å². The van der Waals surface area contributed by atoms with Gasteiger partial charge >= 0.3 is 7.82 Å². The van der Waals surface area contributed by atoms with Gasteiger partial charge in [0.2, 0.25) is 17.7 Å². The normalized spacial score (nSPS) is 10.7. The fourth-order valence-electron chi connectivity index (χ4n) is 5.85. The van der Waals surface area contributed by atoms with E-state index in [0.29, 0.717) is 36.3 Å². The molecule has 3 N–H and O–H groups in total. The van der Waals surface area contributed by atoms with Crippen molar-refractivity contribution >= 4 is 42.6 Å². The van der Waals surface area contributed by atoms with E-state index in [-0.39, 0.29) is 35.0 Å². The van der Waals surface area contributed by atoms with E-state index in [0.717, 1.165) is 33.4 Å². The Labute approximate surface area is 343 Å². The van der Waals surface area contributed by atoms with E-state index in [9.17, 15) is 18.9 Å². The van der Waals surface area contributed by atoms with Gasteiger partial charge in [0, 0.05) is 17.1 Å². The first-order valence-electron chi connectivity index (χ1n) is 18.6. The summed E-state index contributed by atoms with van der Waals surface area (Å²) in [5, 5.41) is 8.21. The summed E-state index contributed by atoms with van der Waals surface area (Å²) in [7, 11) is -4.31. The SMILES string of the molecule is C=CC(=O)Nc1ccc(Cc2ccc(OP(=O)(Oc3ccc(Cc4ccc(NC(=O)C=C)cc4)cc3)Oc3ccc(Cc4ccc(NC(=O)C=C)cc4)cc3)cc2)cc1. The molecule has 59 heavy (non-hydrogen) atoms. The smallest absolute Gasteiger partial charge is 0.386 e. The molecular weight excluding hydrogens is 762 g/mol. The number of carbonyl (C=O) groups excluding carboxylic acids is 3. The number of phosphoric acid groups is 1. The topological polar surface area (TPSA) is 132 Å². The second-order valence-electron chi connectivity index (χ2n) is 13.4. The third-order valence-corrected chi connectivity index (χ3v) is 10.2. The minimum Gasteiger partial charge on any atom is -0.386 e. The van der Waals surface area contributed by atoms with Gasteiger partial charge in [-0.1, -0.05) is 92.5 Å². The Hall–Kier alpha value is -7.42. The molecule has 0 aromatic heterocycles. The summed E-state index contributed by atoms with van der Waals surface area (Å²) < 4.78 is 32.5. The molecule has 0 fully saturated rings. The van der Waals surface area contributed by atoms with Gasteiger partial charge in [-0.15, -0.1) is 0 Å². The van der Waals surface area contributed by atoms with Gasteiger partial charge < -0.3 is 29.5 Å². The van der Waals surface area contributed by atoms with Crippen molar-refractivity contribution < 1.29 is 32.5 Å². The maximum atomic E-state index is 14.5. The van der Waals surface area contributed by atoms with Crippen molar-refractivity contribution in [1.82, 2.24) is 0 Å². The van der Waals surface area contributed by atoms with Gasteiger partial charge in [0.05, 0.1) is 0 Å². The number of carbonyl (C=O) groups is 3. The molecule has 0 bridgehead atoms. The van der Waals surface area contributed by atoms with Crippen LogP contribution in [0.3, 0.4) is 0 Å². The predicted octanol–water partition coefficient (Wildman–Crippen LogP) is 10.5. The Morgan fingerprint density at radius 2 is 0.593 bits per heavy atom. The van der Waals surface area contributed by atoms with E-state index in [1.54, 1.807) is 36.4 Å². The van der Waals surface area contributed by atoms with Gasteiger partial charge in [-0.2, -0.15) is 4.57 Å². The molecule has 0 spiro atoms. The number of anilines is 3. The van der Waals surface area contributed by atoms with Crippen LogP contribution in [-0.4, -0.2) is 17.7 Å². The van der Waals surface area contributed by atoms with Crippen LogP contribution < -0.4 is 29.5 Å². The quantitative estimate of drug-likeness (QED) is 0.0582. The molecular formula is C48H42N3O7P. The first-order valence-corrected chi connectivity index (χ1v) is 20.1. The van der Waals surface area contributed by atoms with Crippen LogP contribution in [0.5, 0.6) is 17.2 Å². The largest absolute Gasteiger partial charge is 0.647 e. The van der Waals surface area contributed by atoms with Crippen LogP contribution in [0.1, 0.15) is 33.4 Å². The highest BCUT2D eigenvalue weighted by Crippen LogP contribution is 2.50. The van der Waals surface area contributed by atoms with E-state index in [1.807, 2.05) is 109 Å². The van der Waals surface area contributed by atoms with Gasteiger partial charge in [-0.3, -0.25) is 14.4 Å². The predicted molar refractivity (Wildman–Crippen MR) is 233 cm³/mol. The molecule has 0 radical (unpaired) electrons. The second-order valence-corrected chi connectivity index (χ2v) is 14.8. The zero-order valence-electron chi connectivity index (χ0n) is 32.1. The lowest BCUT2D eigenvalue weighted by molar-refractivity contribution is -0.112. The average Bonchev–Trinajstić information content (AvgIpc) is 3.25. The summed E-state index contributed by atoms with van der Waals surface area (Å²) in [5.41, 5.74) is 8.06. The monoisotopic (exact) mass is 803 g/mol. The first kappa shape index (κ1) is 41.2. The van der Waals surface area contributed by atoms with Crippen molar-refractivity contribution in [2.45, 2.75) is 19.3 Å². The van der Waals surface area contributed by atoms with Crippen molar-refractivity contribution in [2.24, 2.45) is 0 Å². The zero-order valence-corrected chi connectivity index (χ0v) is 33.0. The maximum absolute atomic E-state index is 14.5. The highest BCUT2D eigenvalue weighted by Gasteiger charge is 2.33. The third-order valence-electron chi connectivity index (χ3n) is 8.87. The highest BCUT2D eigenvalue weighted by molar-refractivity contribution is 7.49. The van der Waals surface area contributed by atoms with Gasteiger partial charge in [0.25, 0.3) is 0 Å². The van der Waals surface area contributed by atoms with Gasteiger partial charge in [0.1, 0.15) is 17.2 Å². The van der Waals surface area contributed by atoms with Crippen LogP contribution >= 0.6 is 7.82 Å². The lowest BCUT2D eigenvalue weighted by Gasteiger charge is -2.20. The first-order chi connectivity index (χ1) is 28.6. The minimum absolute atomic E-state index is 0.278. The third kappa shape index (κ3) is 12.5. The molecule has 6 rings (SSSR count). The van der Waals surface area contributed by atoms with Crippen molar-refractivity contribution in [3.63, 3.8) is 0 Å². The Morgan fingerprint density at radius 1 is 0.390 bits per heavy atom. The summed E-state index contributed by atoms with van der Waals surface area (Å²) in [6, 6.07) is 44.0. The Bertz CT molecular complexity index is 2190. The van der Waals surface area contributed by atoms with E-state index in [2.05, 4.69) is 35.7 Å². The fourth-order valence-corrected chi connectivity index (χ4v) is 7.10. The lowest BCUT2D eigenvalue weighted by Crippen LogP contribution is -2.08. The van der Waals surface area contributed by atoms with Gasteiger partial charge in [0.15, 0.2) is 0 Å². The van der Waals surface area contributed by atoms with Crippen LogP contribution in [0.2, 0.25) is 0 Å². The van der Waals surface area contributed by atoms with Crippen molar-refractivity contribution in [2.75, 3.05) is 16.0 Å². The molecule has 0 aliphatic carbocycles. The number of hydrogen-bond donors (Lipinski definition) is 3. The molecule has 3 amide bonds. The molecule has 0 aliphatic rings. The molecule has 0 unspecified atom stereocenters. The molecule has 6 aromatic rings. The van der Waals surface area contributed by atoms with E-state index in [1.165, 1.54) is 18.2 Å². The highest BCUT2D eigenvalue weighted by atomic mass is 31.2. The van der Waals surface area contributed by atoms with E-state index in [4.69, 9.17) is 13.6 Å². The minimum atomic E-state index is -4.31. The molecule has 0 saturated heterocycles. The summed E-state index contributed by atoms with van der Waals surface area (Å²) in [4.78, 5) is 34.9. The Balaban J connectivity index is 1.15. The maximum Gasteiger partial charge on any atom is 0.647 e. The number of hydrogen-bond acceptors (Lipinski definition) is 7. The average molecular weight is 804 g/mol. The van der Waals surface area contributed by atoms with Crippen LogP contribution in [-0.2, 0) is 38.2 Å². The molecule has 296 valence electrons. The summed E-state index contributed by atoms with van der Waals surface area (Å²) in [6.45, 7) is 10.4. The number of benzene rings is 6. The van der Waals surface area contributed by atoms with Crippen molar-refractivity contribution in [1.29, 1.82) is 0 Å². The number of phosphoric ester groups is 1. The second kappa shape index (κ2) is 19.6. The van der Waals surface area contributed by atoms with E-state index < -0.39 is 7.82 Å². The summed E-state index contributed by atoms with van der Waals surface area (Å²) in [5.74, 6) is 0.0227. The molecule has 0 aliphatic heterocycles. The summed E-state index contributed by atoms with van der Waals surface area (Å²) in [6.07, 6.45) is 5.50. The number of amides is 3. The van der Waals surface area contributed by atoms with Gasteiger partial charge in [-0.05, 0) is 144 Å². The summed E-state index contributed by atoms with van der Waals surface area (Å²) >= 11 is 0. The van der Waals surface area contributed by atoms with Gasteiger partial charge in [-0.25, -0.2) is 0 Å². The van der Waals surface area contributed by atoms with Crippen LogP contribution in [0.4, 0.5) is 17.1 Å². The lowest BCUT2D eigenvalue weighted by atomic mass is 10.0. The van der Waals surface area contributed by atoms with E-state index >= 15 is 0 Å². The molecule has 0 heterocycles. The molecule has 11 heteroatoms.